The average Bonchev–Trinajstić information content (AvgIpc) is 3.09. The van der Waals surface area contributed by atoms with Crippen molar-refractivity contribution < 1.29 is 4.79 Å². The maximum Gasteiger partial charge on any atom is 0.271 e. The summed E-state index contributed by atoms with van der Waals surface area (Å²) in [5.74, 6) is -0.613. The van der Waals surface area contributed by atoms with Gasteiger partial charge in [-0.25, -0.2) is 0 Å². The molecule has 0 unspecified atom stereocenters. The van der Waals surface area contributed by atoms with E-state index in [4.69, 9.17) is 11.5 Å². The summed E-state index contributed by atoms with van der Waals surface area (Å²) in [6.45, 7) is 0.483. The van der Waals surface area contributed by atoms with E-state index in [0.717, 1.165) is 5.69 Å². The van der Waals surface area contributed by atoms with E-state index < -0.39 is 5.91 Å². The van der Waals surface area contributed by atoms with Crippen LogP contribution in [0.25, 0.3) is 0 Å². The van der Waals surface area contributed by atoms with Crippen LogP contribution in [0.2, 0.25) is 0 Å². The first kappa shape index (κ1) is 12.7. The van der Waals surface area contributed by atoms with Crippen LogP contribution in [0.3, 0.4) is 0 Å². The topological polar surface area (TPSA) is 105 Å². The summed E-state index contributed by atoms with van der Waals surface area (Å²) >= 11 is 0. The molecule has 2 aromatic rings. The number of carbonyl (C=O) groups is 1. The highest BCUT2D eigenvalue weighted by Crippen LogP contribution is 2.28. The van der Waals surface area contributed by atoms with E-state index >= 15 is 0 Å². The lowest BCUT2D eigenvalue weighted by Crippen LogP contribution is -2.14. The van der Waals surface area contributed by atoms with Gasteiger partial charge in [0.05, 0.1) is 24.0 Å². The molecule has 7 nitrogen and oxygen atoms in total. The van der Waals surface area contributed by atoms with Crippen molar-refractivity contribution in [1.82, 2.24) is 19.6 Å². The van der Waals surface area contributed by atoms with Gasteiger partial charge in [0.15, 0.2) is 5.69 Å². The number of primary amides is 1. The minimum Gasteiger partial charge on any atom is -0.396 e. The van der Waals surface area contributed by atoms with E-state index in [9.17, 15) is 4.79 Å². The molecule has 0 aliphatic heterocycles. The van der Waals surface area contributed by atoms with Gasteiger partial charge in [0.1, 0.15) is 0 Å². The fourth-order valence-electron chi connectivity index (χ4n) is 2.71. The van der Waals surface area contributed by atoms with Gasteiger partial charge >= 0.3 is 0 Å². The maximum atomic E-state index is 11.1. The van der Waals surface area contributed by atoms with Crippen LogP contribution in [0, 0.1) is 0 Å². The first-order valence-corrected chi connectivity index (χ1v) is 6.80. The summed E-state index contributed by atoms with van der Waals surface area (Å²) in [6.07, 6.45) is 8.56. The van der Waals surface area contributed by atoms with Gasteiger partial charge in [-0.3, -0.25) is 14.2 Å². The third-order valence-corrected chi connectivity index (χ3v) is 3.71. The lowest BCUT2D eigenvalue weighted by molar-refractivity contribution is 0.0995. The monoisotopic (exact) mass is 274 g/mol. The van der Waals surface area contributed by atoms with Crippen LogP contribution < -0.4 is 11.5 Å². The molecule has 0 aromatic carbocycles. The van der Waals surface area contributed by atoms with Crippen molar-refractivity contribution >= 4 is 11.6 Å². The van der Waals surface area contributed by atoms with Crippen LogP contribution >= 0.6 is 0 Å². The minimum atomic E-state index is -0.613. The fourth-order valence-corrected chi connectivity index (χ4v) is 2.71. The summed E-state index contributed by atoms with van der Waals surface area (Å²) < 4.78 is 3.63. The summed E-state index contributed by atoms with van der Waals surface area (Å²) in [4.78, 5) is 11.1. The molecule has 0 bridgehead atoms. The van der Waals surface area contributed by atoms with Crippen LogP contribution in [-0.4, -0.2) is 25.5 Å². The first-order valence-electron chi connectivity index (χ1n) is 6.80. The van der Waals surface area contributed by atoms with E-state index in [1.54, 1.807) is 10.9 Å². The van der Waals surface area contributed by atoms with Crippen molar-refractivity contribution in [2.45, 2.75) is 38.3 Å². The number of aromatic nitrogens is 4. The van der Waals surface area contributed by atoms with E-state index in [-0.39, 0.29) is 5.69 Å². The van der Waals surface area contributed by atoms with Gasteiger partial charge in [0.25, 0.3) is 5.91 Å². The number of nitrogens with two attached hydrogens (primary N) is 2. The smallest absolute Gasteiger partial charge is 0.271 e. The Morgan fingerprint density at radius 2 is 2.10 bits per heavy atom. The zero-order valence-corrected chi connectivity index (χ0v) is 11.2. The molecule has 1 aliphatic carbocycles. The molecule has 1 amide bonds. The highest BCUT2D eigenvalue weighted by molar-refractivity contribution is 5.95. The lowest BCUT2D eigenvalue weighted by atomic mass is 10.3. The molecule has 7 heteroatoms. The number of anilines is 1. The molecule has 2 heterocycles. The van der Waals surface area contributed by atoms with Crippen molar-refractivity contribution in [3.8, 4) is 0 Å². The molecule has 106 valence electrons. The second kappa shape index (κ2) is 4.99. The molecule has 0 spiro atoms. The predicted molar refractivity (Wildman–Crippen MR) is 74.0 cm³/mol. The number of amides is 1. The van der Waals surface area contributed by atoms with Gasteiger partial charge in [-0.05, 0) is 18.9 Å². The van der Waals surface area contributed by atoms with E-state index in [1.165, 1.54) is 25.7 Å². The lowest BCUT2D eigenvalue weighted by Gasteiger charge is -2.08. The largest absolute Gasteiger partial charge is 0.396 e. The fraction of sp³-hybridized carbons (Fsp3) is 0.462. The third kappa shape index (κ3) is 2.38. The molecular weight excluding hydrogens is 256 g/mol. The van der Waals surface area contributed by atoms with Gasteiger partial charge in [-0.1, -0.05) is 12.8 Å². The molecule has 4 N–H and O–H groups in total. The molecular formula is C13H18N6O. The van der Waals surface area contributed by atoms with Crippen molar-refractivity contribution in [3.05, 3.63) is 29.8 Å². The van der Waals surface area contributed by atoms with Gasteiger partial charge < -0.3 is 11.5 Å². The quantitative estimate of drug-likeness (QED) is 0.865. The third-order valence-electron chi connectivity index (χ3n) is 3.71. The van der Waals surface area contributed by atoms with Crippen LogP contribution in [0.1, 0.15) is 47.9 Å². The summed E-state index contributed by atoms with van der Waals surface area (Å²) in [6, 6.07) is 2.49. The number of rotatable bonds is 4. The van der Waals surface area contributed by atoms with Crippen LogP contribution in [-0.2, 0) is 6.54 Å². The molecule has 2 aromatic heterocycles. The molecule has 3 rings (SSSR count). The van der Waals surface area contributed by atoms with E-state index in [0.29, 0.717) is 18.3 Å². The Hall–Kier alpha value is -2.31. The van der Waals surface area contributed by atoms with E-state index in [1.807, 2.05) is 16.9 Å². The Kier molecular flexibility index (Phi) is 3.17. The van der Waals surface area contributed by atoms with Crippen molar-refractivity contribution in [2.24, 2.45) is 5.73 Å². The normalized spacial score (nSPS) is 15.8. The standard InChI is InChI=1S/C13H18N6O/c14-11-8-18(17-12(11)13(15)20)7-9-5-6-19(16-9)10-3-1-2-4-10/h5-6,8,10H,1-4,7,14H2,(H2,15,20). The van der Waals surface area contributed by atoms with E-state index in [2.05, 4.69) is 10.2 Å². The van der Waals surface area contributed by atoms with Crippen LogP contribution in [0.15, 0.2) is 18.5 Å². The number of nitrogen functional groups attached to an aromatic ring is 1. The molecule has 1 aliphatic rings. The Balaban J connectivity index is 1.74. The summed E-state index contributed by atoms with van der Waals surface area (Å²) in [7, 11) is 0. The summed E-state index contributed by atoms with van der Waals surface area (Å²) in [5, 5.41) is 8.65. The average molecular weight is 274 g/mol. The van der Waals surface area contributed by atoms with Crippen LogP contribution in [0.5, 0.6) is 0 Å². The second-order valence-electron chi connectivity index (χ2n) is 5.22. The van der Waals surface area contributed by atoms with Crippen molar-refractivity contribution in [1.29, 1.82) is 0 Å². The van der Waals surface area contributed by atoms with Gasteiger partial charge in [-0.2, -0.15) is 10.2 Å². The number of nitrogens with zero attached hydrogens (tertiary/aromatic N) is 4. The minimum absolute atomic E-state index is 0.111. The molecule has 0 atom stereocenters. The molecule has 1 saturated carbocycles. The Labute approximate surface area is 116 Å². The van der Waals surface area contributed by atoms with Crippen molar-refractivity contribution in [3.63, 3.8) is 0 Å². The van der Waals surface area contributed by atoms with Gasteiger partial charge in [0, 0.05) is 12.4 Å². The zero-order chi connectivity index (χ0) is 14.1. The first-order chi connectivity index (χ1) is 9.63. The number of hydrogen-bond acceptors (Lipinski definition) is 4. The SMILES string of the molecule is NC(=O)c1nn(Cc2ccn(C3CCCC3)n2)cc1N. The highest BCUT2D eigenvalue weighted by Gasteiger charge is 2.18. The number of hydrogen-bond donors (Lipinski definition) is 2. The molecule has 0 radical (unpaired) electrons. The number of carbonyl (C=O) groups excluding carboxylic acids is 1. The van der Waals surface area contributed by atoms with Crippen molar-refractivity contribution in [2.75, 3.05) is 5.73 Å². The van der Waals surface area contributed by atoms with Gasteiger partial charge in [-0.15, -0.1) is 0 Å². The zero-order valence-electron chi connectivity index (χ0n) is 11.2. The Bertz CT molecular complexity index is 623. The Morgan fingerprint density at radius 3 is 2.75 bits per heavy atom. The highest BCUT2D eigenvalue weighted by atomic mass is 16.1. The predicted octanol–water partition coefficient (Wildman–Crippen LogP) is 0.924. The maximum absolute atomic E-state index is 11.1. The molecule has 1 fully saturated rings. The summed E-state index contributed by atoms with van der Waals surface area (Å²) in [5.41, 5.74) is 12.2. The van der Waals surface area contributed by atoms with Gasteiger partial charge in [0.2, 0.25) is 0 Å². The molecule has 20 heavy (non-hydrogen) atoms. The Morgan fingerprint density at radius 1 is 1.35 bits per heavy atom. The van der Waals surface area contributed by atoms with Crippen LogP contribution in [0.4, 0.5) is 5.69 Å². The second-order valence-corrected chi connectivity index (χ2v) is 5.22. The molecule has 0 saturated heterocycles.